The maximum absolute atomic E-state index is 14.0. The van der Waals surface area contributed by atoms with E-state index in [4.69, 9.17) is 10.6 Å². The van der Waals surface area contributed by atoms with Crippen molar-refractivity contribution in [3.05, 3.63) is 45.9 Å². The van der Waals surface area contributed by atoms with Gasteiger partial charge in [0.25, 0.3) is 23.5 Å². The summed E-state index contributed by atoms with van der Waals surface area (Å²) >= 11 is 2.27. The predicted octanol–water partition coefficient (Wildman–Crippen LogP) is 0.691. The van der Waals surface area contributed by atoms with Crippen molar-refractivity contribution in [2.75, 3.05) is 38.5 Å². The molecule has 2 bridgehead atoms. The Labute approximate surface area is 314 Å². The Morgan fingerprint density at radius 1 is 1.15 bits per heavy atom. The highest BCUT2D eigenvalue weighted by atomic mass is 32.2. The van der Waals surface area contributed by atoms with E-state index in [1.165, 1.54) is 35.9 Å². The van der Waals surface area contributed by atoms with Crippen molar-refractivity contribution >= 4 is 69.4 Å². The number of benzene rings is 1. The average Bonchev–Trinajstić information content (AvgIpc) is 3.36. The van der Waals surface area contributed by atoms with Crippen LogP contribution in [0.1, 0.15) is 49.7 Å². The summed E-state index contributed by atoms with van der Waals surface area (Å²) in [6.45, 7) is 6.08. The SMILES string of the molecule is C[C@@H]1S[C@@H]2[C@H](NC(=O)/C(=N\OC(C)(C)C(=O)O)c3csc(N)n3)C(=O)N2C(C(=O)O)=C1C[N+]12CCC(CC1)N(C(=O)C(=O)c1cc(O)c(O)c(F)c1)CC2. The summed E-state index contributed by atoms with van der Waals surface area (Å²) in [5.74, 6) is -9.38. The van der Waals surface area contributed by atoms with Crippen LogP contribution in [0.2, 0.25) is 0 Å². The third-order valence-electron chi connectivity index (χ3n) is 10.2. The number of quaternary nitrogens is 1. The number of anilines is 1. The van der Waals surface area contributed by atoms with Crippen molar-refractivity contribution in [1.82, 2.24) is 20.1 Å². The number of aromatic hydroxyl groups is 2. The molecule has 0 saturated carbocycles. The van der Waals surface area contributed by atoms with Gasteiger partial charge < -0.3 is 45.7 Å². The minimum absolute atomic E-state index is 0.0220. The molecule has 5 aliphatic heterocycles. The van der Waals surface area contributed by atoms with Crippen LogP contribution >= 0.6 is 23.1 Å². The topological polar surface area (TPSA) is 262 Å². The van der Waals surface area contributed by atoms with E-state index >= 15 is 0 Å². The maximum Gasteiger partial charge on any atom is 0.352 e. The summed E-state index contributed by atoms with van der Waals surface area (Å²) in [6, 6.07) is 0.0367. The van der Waals surface area contributed by atoms with Crippen LogP contribution in [0, 0.1) is 5.82 Å². The van der Waals surface area contributed by atoms with Gasteiger partial charge in [-0.05, 0) is 32.9 Å². The highest BCUT2D eigenvalue weighted by Gasteiger charge is 2.57. The molecule has 1 aromatic carbocycles. The van der Waals surface area contributed by atoms with Crippen molar-refractivity contribution in [2.24, 2.45) is 5.16 Å². The summed E-state index contributed by atoms with van der Waals surface area (Å²) in [4.78, 5) is 89.7. The molecular weight excluding hydrogens is 754 g/mol. The molecule has 5 aliphatic rings. The number of β-lactam (4-membered cyclic amide) rings is 1. The summed E-state index contributed by atoms with van der Waals surface area (Å²) < 4.78 is 14.4. The molecule has 2 aromatic rings. The highest BCUT2D eigenvalue weighted by molar-refractivity contribution is 8.00. The zero-order valence-electron chi connectivity index (χ0n) is 29.1. The fraction of sp³-hybridized carbons (Fsp3) is 0.455. The standard InChI is InChI=1S/C33H36FN7O11S2/c1-14-17(12-41-7-4-16(5-8-41)39(6-9-41)28(47)24(43)15-10-18(34)25(44)20(42)11-15)23(30(48)49)40-27(46)22(29(40)54-14)37-26(45)21(19-13-53-32(35)36-19)38-52-33(2,3)31(50)51/h10-11,13-14,16,22,29H,4-9,12H2,1-3H3,(H6-,35,36,37,38,42,43,44,45,47,48,49,50,51)/p+1/t14-,16?,22+,29+,41?/m0/s1. The number of phenols is 2. The van der Waals surface area contributed by atoms with Crippen LogP contribution in [0.5, 0.6) is 11.5 Å². The molecule has 0 unspecified atom stereocenters. The predicted molar refractivity (Wildman–Crippen MR) is 189 cm³/mol. The minimum Gasteiger partial charge on any atom is -0.504 e. The second-order valence-electron chi connectivity index (χ2n) is 14.0. The number of carbonyl (C=O) groups excluding carboxylic acids is 4. The van der Waals surface area contributed by atoms with Crippen LogP contribution in [0.4, 0.5) is 9.52 Å². The smallest absolute Gasteiger partial charge is 0.352 e. The van der Waals surface area contributed by atoms with E-state index in [1.54, 1.807) is 6.92 Å². The number of thiazole rings is 1. The van der Waals surface area contributed by atoms with Crippen LogP contribution in [0.25, 0.3) is 0 Å². The van der Waals surface area contributed by atoms with Crippen LogP contribution in [0.3, 0.4) is 0 Å². The number of phenolic OH excluding ortho intramolecular Hbond substituents is 2. The number of amides is 3. The number of oxime groups is 1. The Kier molecular flexibility index (Phi) is 10.1. The number of rotatable bonds is 11. The van der Waals surface area contributed by atoms with Gasteiger partial charge in [0.1, 0.15) is 29.4 Å². The molecule has 0 spiro atoms. The molecule has 4 saturated heterocycles. The number of nitrogen functional groups attached to an aromatic ring is 1. The Morgan fingerprint density at radius 3 is 2.43 bits per heavy atom. The first-order valence-corrected chi connectivity index (χ1v) is 18.5. The van der Waals surface area contributed by atoms with Gasteiger partial charge in [-0.2, -0.15) is 0 Å². The van der Waals surface area contributed by atoms with E-state index in [0.29, 0.717) is 48.6 Å². The molecule has 6 heterocycles. The molecule has 18 nitrogen and oxygen atoms in total. The lowest BCUT2D eigenvalue weighted by Gasteiger charge is -2.52. The molecule has 7 rings (SSSR count). The zero-order chi connectivity index (χ0) is 39.4. The number of hydrogen-bond acceptors (Lipinski definition) is 14. The molecule has 4 fully saturated rings. The molecular formula is C33H37FN7O11S2+. The number of aromatic nitrogens is 1. The molecule has 54 heavy (non-hydrogen) atoms. The van der Waals surface area contributed by atoms with Crippen LogP contribution < -0.4 is 11.1 Å². The number of carboxylic acid groups (broad SMARTS) is 2. The number of Topliss-reactive ketones (excluding diaryl/α,β-unsaturated/α-hetero) is 1. The quantitative estimate of drug-likeness (QED) is 0.0348. The Morgan fingerprint density at radius 2 is 1.83 bits per heavy atom. The van der Waals surface area contributed by atoms with E-state index in [9.17, 15) is 53.6 Å². The number of fused-ring (bicyclic) bond motifs is 5. The van der Waals surface area contributed by atoms with Crippen LogP contribution in [-0.2, 0) is 28.8 Å². The number of carboxylic acids is 2. The molecule has 21 heteroatoms. The van der Waals surface area contributed by atoms with Crippen molar-refractivity contribution in [1.29, 1.82) is 0 Å². The number of nitrogens with zero attached hydrogens (tertiary/aromatic N) is 5. The van der Waals surface area contributed by atoms with E-state index < -0.39 is 86.3 Å². The molecule has 0 aliphatic carbocycles. The van der Waals surface area contributed by atoms with Crippen LogP contribution in [-0.4, -0.2) is 142 Å². The number of aliphatic carboxylic acids is 2. The zero-order valence-corrected chi connectivity index (χ0v) is 30.8. The number of carbonyl (C=O) groups is 6. The monoisotopic (exact) mass is 790 g/mol. The maximum atomic E-state index is 14.0. The van der Waals surface area contributed by atoms with E-state index in [-0.39, 0.29) is 35.7 Å². The van der Waals surface area contributed by atoms with Gasteiger partial charge in [0.05, 0.1) is 26.2 Å². The summed E-state index contributed by atoms with van der Waals surface area (Å²) in [5.41, 5.74) is 3.34. The van der Waals surface area contributed by atoms with Crippen molar-refractivity contribution in [2.45, 2.75) is 61.9 Å². The Balaban J connectivity index is 1.19. The Hall–Kier alpha value is -5.28. The largest absolute Gasteiger partial charge is 0.504 e. The average molecular weight is 791 g/mol. The molecule has 3 amide bonds. The van der Waals surface area contributed by atoms with E-state index in [0.717, 1.165) is 22.3 Å². The number of piperidine rings is 1. The van der Waals surface area contributed by atoms with Crippen molar-refractivity contribution in [3.8, 4) is 11.5 Å². The number of nitrogens with two attached hydrogens (primary N) is 1. The number of ketones is 1. The van der Waals surface area contributed by atoms with Gasteiger partial charge in [0, 0.05) is 40.7 Å². The van der Waals surface area contributed by atoms with E-state index in [2.05, 4.69) is 15.5 Å². The van der Waals surface area contributed by atoms with Gasteiger partial charge >= 0.3 is 11.9 Å². The first kappa shape index (κ1) is 38.4. The van der Waals surface area contributed by atoms with Gasteiger partial charge in [-0.15, -0.1) is 23.1 Å². The lowest BCUT2D eigenvalue weighted by molar-refractivity contribution is -0.925. The number of halogens is 1. The Bertz CT molecular complexity index is 2000. The minimum atomic E-state index is -1.82. The molecule has 3 atom stereocenters. The van der Waals surface area contributed by atoms with Gasteiger partial charge in [-0.3, -0.25) is 24.1 Å². The number of hydrogen-bond donors (Lipinski definition) is 6. The van der Waals surface area contributed by atoms with Crippen molar-refractivity contribution < 1.29 is 62.9 Å². The second-order valence-corrected chi connectivity index (χ2v) is 16.3. The first-order valence-electron chi connectivity index (χ1n) is 16.7. The number of thioether (sulfide) groups is 1. The fourth-order valence-corrected chi connectivity index (χ4v) is 9.03. The lowest BCUT2D eigenvalue weighted by atomic mass is 9.97. The number of nitrogens with one attached hydrogen (secondary N) is 1. The lowest BCUT2D eigenvalue weighted by Crippen LogP contribution is -2.72. The molecule has 7 N–H and O–H groups in total. The highest BCUT2D eigenvalue weighted by Crippen LogP contribution is 2.45. The van der Waals surface area contributed by atoms with Gasteiger partial charge in [-0.25, -0.2) is 19.0 Å². The molecule has 0 radical (unpaired) electrons. The van der Waals surface area contributed by atoms with Gasteiger partial charge in [0.2, 0.25) is 5.60 Å². The molecule has 1 aromatic heterocycles. The normalized spacial score (nSPS) is 25.4. The van der Waals surface area contributed by atoms with Crippen LogP contribution in [0.15, 0.2) is 33.9 Å². The molecule has 288 valence electrons. The fourth-order valence-electron chi connectivity index (χ4n) is 7.04. The summed E-state index contributed by atoms with van der Waals surface area (Å²) in [6.07, 6.45) is 0.985. The third-order valence-corrected chi connectivity index (χ3v) is 12.3. The van der Waals surface area contributed by atoms with Gasteiger partial charge in [0.15, 0.2) is 28.2 Å². The van der Waals surface area contributed by atoms with Crippen molar-refractivity contribution in [3.63, 3.8) is 0 Å². The van der Waals surface area contributed by atoms with E-state index in [1.807, 2.05) is 0 Å². The first-order chi connectivity index (χ1) is 25.3. The van der Waals surface area contributed by atoms with Gasteiger partial charge in [-0.1, -0.05) is 5.16 Å². The summed E-state index contributed by atoms with van der Waals surface area (Å²) in [5, 5.41) is 45.8. The third kappa shape index (κ3) is 6.93. The second kappa shape index (κ2) is 14.2. The summed E-state index contributed by atoms with van der Waals surface area (Å²) in [7, 11) is 0.